The molecule has 1 N–H and O–H groups in total. The summed E-state index contributed by atoms with van der Waals surface area (Å²) >= 11 is 0. The average molecular weight is 353 g/mol. The van der Waals surface area contributed by atoms with E-state index in [2.05, 4.69) is 10.3 Å². The standard InChI is InChI=1S/C18H25F2N3O2/c1-4-21-18(23-10-12(2)16(11-23)17(24)25-3)22-6-5-13-7-14(19)9-15(20)8-13/h7-9,12,16H,4-6,10-11H2,1-3H3,(H,21,22). The fourth-order valence-corrected chi connectivity index (χ4v) is 3.07. The van der Waals surface area contributed by atoms with E-state index in [-0.39, 0.29) is 17.8 Å². The Hall–Kier alpha value is -2.18. The summed E-state index contributed by atoms with van der Waals surface area (Å²) in [5, 5.41) is 3.21. The summed E-state index contributed by atoms with van der Waals surface area (Å²) in [6.45, 7) is 6.34. The number of guanidine groups is 1. The predicted octanol–water partition coefficient (Wildman–Crippen LogP) is 2.21. The largest absolute Gasteiger partial charge is 0.469 e. The van der Waals surface area contributed by atoms with Gasteiger partial charge in [-0.3, -0.25) is 9.79 Å². The van der Waals surface area contributed by atoms with Gasteiger partial charge in [-0.25, -0.2) is 8.78 Å². The monoisotopic (exact) mass is 353 g/mol. The molecule has 1 aliphatic rings. The maximum Gasteiger partial charge on any atom is 0.310 e. The number of likely N-dealkylation sites (tertiary alicyclic amines) is 1. The number of esters is 1. The smallest absolute Gasteiger partial charge is 0.310 e. The lowest BCUT2D eigenvalue weighted by atomic mass is 9.99. The van der Waals surface area contributed by atoms with Crippen LogP contribution in [0.1, 0.15) is 19.4 Å². The van der Waals surface area contributed by atoms with E-state index in [9.17, 15) is 13.6 Å². The Morgan fingerprint density at radius 1 is 1.32 bits per heavy atom. The van der Waals surface area contributed by atoms with Gasteiger partial charge in [-0.05, 0) is 37.0 Å². The molecule has 2 unspecified atom stereocenters. The van der Waals surface area contributed by atoms with Crippen LogP contribution in [0.2, 0.25) is 0 Å². The molecule has 1 aliphatic heterocycles. The quantitative estimate of drug-likeness (QED) is 0.501. The van der Waals surface area contributed by atoms with Crippen LogP contribution in [0.15, 0.2) is 23.2 Å². The number of halogens is 2. The molecule has 0 amide bonds. The highest BCUT2D eigenvalue weighted by molar-refractivity contribution is 5.82. The van der Waals surface area contributed by atoms with Crippen LogP contribution in [0, 0.1) is 23.5 Å². The third-order valence-electron chi connectivity index (χ3n) is 4.34. The molecule has 0 radical (unpaired) electrons. The number of nitrogens with zero attached hydrogens (tertiary/aromatic N) is 2. The zero-order chi connectivity index (χ0) is 18.4. The van der Waals surface area contributed by atoms with Gasteiger partial charge < -0.3 is 15.0 Å². The molecule has 25 heavy (non-hydrogen) atoms. The maximum absolute atomic E-state index is 13.2. The number of rotatable bonds is 5. The van der Waals surface area contributed by atoms with Gasteiger partial charge in [0.15, 0.2) is 5.96 Å². The summed E-state index contributed by atoms with van der Waals surface area (Å²) in [6, 6.07) is 3.49. The Bertz CT molecular complexity index is 616. The van der Waals surface area contributed by atoms with Gasteiger partial charge >= 0.3 is 5.97 Å². The number of carbonyl (C=O) groups is 1. The first-order valence-electron chi connectivity index (χ1n) is 8.50. The molecule has 0 aliphatic carbocycles. The number of aliphatic imine (C=N–C) groups is 1. The Morgan fingerprint density at radius 2 is 2.00 bits per heavy atom. The van der Waals surface area contributed by atoms with E-state index >= 15 is 0 Å². The van der Waals surface area contributed by atoms with E-state index < -0.39 is 11.6 Å². The highest BCUT2D eigenvalue weighted by Crippen LogP contribution is 2.24. The topological polar surface area (TPSA) is 53.9 Å². The highest BCUT2D eigenvalue weighted by atomic mass is 19.1. The molecule has 0 bridgehead atoms. The molecule has 5 nitrogen and oxygen atoms in total. The number of carbonyl (C=O) groups excluding carboxylic acids is 1. The van der Waals surface area contributed by atoms with E-state index in [1.165, 1.54) is 19.2 Å². The number of benzene rings is 1. The first-order chi connectivity index (χ1) is 11.9. The number of hydrogen-bond donors (Lipinski definition) is 1. The van der Waals surface area contributed by atoms with Gasteiger partial charge in [0.1, 0.15) is 11.6 Å². The average Bonchev–Trinajstić information content (AvgIpc) is 2.94. The molecule has 1 aromatic rings. The van der Waals surface area contributed by atoms with Crippen molar-refractivity contribution < 1.29 is 18.3 Å². The summed E-state index contributed by atoms with van der Waals surface area (Å²) in [6.07, 6.45) is 0.438. The zero-order valence-electron chi connectivity index (χ0n) is 14.9. The van der Waals surface area contributed by atoms with Crippen molar-refractivity contribution in [3.63, 3.8) is 0 Å². The minimum Gasteiger partial charge on any atom is -0.469 e. The molecule has 2 atom stereocenters. The van der Waals surface area contributed by atoms with E-state index in [1.807, 2.05) is 18.7 Å². The van der Waals surface area contributed by atoms with Crippen molar-refractivity contribution >= 4 is 11.9 Å². The van der Waals surface area contributed by atoms with Crippen molar-refractivity contribution in [2.75, 3.05) is 33.3 Å². The lowest BCUT2D eigenvalue weighted by Gasteiger charge is -2.21. The Morgan fingerprint density at radius 3 is 2.60 bits per heavy atom. The molecular weight excluding hydrogens is 328 g/mol. The van der Waals surface area contributed by atoms with E-state index in [1.54, 1.807) is 0 Å². The van der Waals surface area contributed by atoms with Crippen LogP contribution in [0.25, 0.3) is 0 Å². The summed E-state index contributed by atoms with van der Waals surface area (Å²) < 4.78 is 31.3. The number of methoxy groups -OCH3 is 1. The molecule has 1 saturated heterocycles. The van der Waals surface area contributed by atoms with Crippen molar-refractivity contribution in [2.45, 2.75) is 20.3 Å². The van der Waals surface area contributed by atoms with Gasteiger partial charge in [-0.2, -0.15) is 0 Å². The lowest BCUT2D eigenvalue weighted by molar-refractivity contribution is -0.145. The van der Waals surface area contributed by atoms with Crippen LogP contribution in [0.5, 0.6) is 0 Å². The predicted molar refractivity (Wildman–Crippen MR) is 92.3 cm³/mol. The van der Waals surface area contributed by atoms with E-state index in [0.717, 1.165) is 6.07 Å². The Kier molecular flexibility index (Phi) is 6.73. The van der Waals surface area contributed by atoms with Gasteiger partial charge in [0.25, 0.3) is 0 Å². The number of nitrogens with one attached hydrogen (secondary N) is 1. The molecule has 2 rings (SSSR count). The van der Waals surface area contributed by atoms with Crippen molar-refractivity contribution in [3.05, 3.63) is 35.4 Å². The molecule has 0 spiro atoms. The fourth-order valence-electron chi connectivity index (χ4n) is 3.07. The summed E-state index contributed by atoms with van der Waals surface area (Å²) in [7, 11) is 1.40. The van der Waals surface area contributed by atoms with Gasteiger partial charge in [0.05, 0.1) is 13.0 Å². The zero-order valence-corrected chi connectivity index (χ0v) is 14.9. The molecule has 7 heteroatoms. The first kappa shape index (κ1) is 19.1. The molecular formula is C18H25F2N3O2. The van der Waals surface area contributed by atoms with Crippen molar-refractivity contribution in [2.24, 2.45) is 16.8 Å². The first-order valence-corrected chi connectivity index (χ1v) is 8.50. The van der Waals surface area contributed by atoms with Crippen LogP contribution in [0.4, 0.5) is 8.78 Å². The summed E-state index contributed by atoms with van der Waals surface area (Å²) in [5.41, 5.74) is 0.569. The number of ether oxygens (including phenoxy) is 1. The second-order valence-electron chi connectivity index (χ2n) is 6.28. The van der Waals surface area contributed by atoms with Crippen LogP contribution in [0.3, 0.4) is 0 Å². The van der Waals surface area contributed by atoms with Crippen molar-refractivity contribution in [1.82, 2.24) is 10.2 Å². The minimum atomic E-state index is -0.583. The minimum absolute atomic E-state index is 0.175. The second kappa shape index (κ2) is 8.78. The van der Waals surface area contributed by atoms with E-state index in [4.69, 9.17) is 4.74 Å². The summed E-state index contributed by atoms with van der Waals surface area (Å²) in [4.78, 5) is 18.4. The molecule has 0 aromatic heterocycles. The van der Waals surface area contributed by atoms with Gasteiger partial charge in [-0.1, -0.05) is 6.92 Å². The lowest BCUT2D eigenvalue weighted by Crippen LogP contribution is -2.40. The molecule has 138 valence electrons. The van der Waals surface area contributed by atoms with Crippen molar-refractivity contribution in [3.8, 4) is 0 Å². The normalized spacial score (nSPS) is 20.7. The highest BCUT2D eigenvalue weighted by Gasteiger charge is 2.36. The maximum atomic E-state index is 13.2. The number of hydrogen-bond acceptors (Lipinski definition) is 3. The third kappa shape index (κ3) is 5.14. The van der Waals surface area contributed by atoms with Gasteiger partial charge in [0, 0.05) is 32.2 Å². The molecule has 0 saturated carbocycles. The van der Waals surface area contributed by atoms with E-state index in [0.29, 0.717) is 44.1 Å². The Labute approximate surface area is 147 Å². The molecule has 1 fully saturated rings. The van der Waals surface area contributed by atoms with Crippen LogP contribution in [-0.4, -0.2) is 50.1 Å². The van der Waals surface area contributed by atoms with Crippen LogP contribution in [-0.2, 0) is 16.0 Å². The second-order valence-corrected chi connectivity index (χ2v) is 6.28. The summed E-state index contributed by atoms with van der Waals surface area (Å²) in [5.74, 6) is -0.668. The molecule has 1 heterocycles. The van der Waals surface area contributed by atoms with Gasteiger partial charge in [-0.15, -0.1) is 0 Å². The van der Waals surface area contributed by atoms with Crippen LogP contribution >= 0.6 is 0 Å². The van der Waals surface area contributed by atoms with Crippen molar-refractivity contribution in [1.29, 1.82) is 0 Å². The fraction of sp³-hybridized carbons (Fsp3) is 0.556. The SMILES string of the molecule is CCNC(=NCCc1cc(F)cc(F)c1)N1CC(C)C(C(=O)OC)C1. The van der Waals surface area contributed by atoms with Crippen LogP contribution < -0.4 is 5.32 Å². The molecule has 1 aromatic carbocycles. The Balaban J connectivity index is 2.02. The van der Waals surface area contributed by atoms with Gasteiger partial charge in [0.2, 0.25) is 0 Å². The third-order valence-corrected chi connectivity index (χ3v) is 4.34.